The highest BCUT2D eigenvalue weighted by Gasteiger charge is 2.46. The maximum Gasteiger partial charge on any atom is 0.227 e. The van der Waals surface area contributed by atoms with E-state index < -0.39 is 0 Å². The first-order chi connectivity index (χ1) is 10.8. The number of hydrogen-bond donors (Lipinski definition) is 1. The van der Waals surface area contributed by atoms with Crippen LogP contribution in [0.4, 0.5) is 5.69 Å². The highest BCUT2D eigenvalue weighted by atomic mass is 16.2. The molecule has 0 unspecified atom stereocenters. The molecule has 1 amide bonds. The van der Waals surface area contributed by atoms with Crippen LogP contribution in [0.25, 0.3) is 0 Å². The Hall–Kier alpha value is -1.35. The third-order valence-electron chi connectivity index (χ3n) is 6.01. The fourth-order valence-electron chi connectivity index (χ4n) is 4.78. The van der Waals surface area contributed by atoms with E-state index in [0.717, 1.165) is 38.9 Å². The van der Waals surface area contributed by atoms with E-state index in [1.807, 2.05) is 0 Å². The molecule has 118 valence electrons. The molecule has 0 aromatic heterocycles. The summed E-state index contributed by atoms with van der Waals surface area (Å²) >= 11 is 0. The largest absolute Gasteiger partial charge is 0.317 e. The lowest BCUT2D eigenvalue weighted by Gasteiger charge is -2.27. The number of fused-ring (bicyclic) bond motifs is 2. The van der Waals surface area contributed by atoms with Gasteiger partial charge >= 0.3 is 0 Å². The van der Waals surface area contributed by atoms with Gasteiger partial charge in [0.1, 0.15) is 0 Å². The fourth-order valence-corrected chi connectivity index (χ4v) is 4.78. The fraction of sp³-hybridized carbons (Fsp3) is 0.632. The van der Waals surface area contributed by atoms with Gasteiger partial charge in [-0.05, 0) is 56.3 Å². The molecule has 1 aliphatic carbocycles. The quantitative estimate of drug-likeness (QED) is 0.909. The van der Waals surface area contributed by atoms with E-state index in [2.05, 4.69) is 34.5 Å². The lowest BCUT2D eigenvalue weighted by atomic mass is 9.81. The average Bonchev–Trinajstić information content (AvgIpc) is 3.15. The number of anilines is 1. The minimum absolute atomic E-state index is 0.264. The Morgan fingerprint density at radius 1 is 1.18 bits per heavy atom. The van der Waals surface area contributed by atoms with Crippen LogP contribution in [0.3, 0.4) is 0 Å². The summed E-state index contributed by atoms with van der Waals surface area (Å²) in [6.45, 7) is 3.06. The summed E-state index contributed by atoms with van der Waals surface area (Å²) in [5.74, 6) is 0.921. The van der Waals surface area contributed by atoms with Crippen molar-refractivity contribution in [2.24, 2.45) is 5.92 Å². The summed E-state index contributed by atoms with van der Waals surface area (Å²) in [4.78, 5) is 15.0. The Bertz CT molecular complexity index is 556. The topological polar surface area (TPSA) is 32.3 Å². The van der Waals surface area contributed by atoms with E-state index in [0.29, 0.717) is 11.8 Å². The minimum atomic E-state index is 0.264. The molecule has 1 aromatic rings. The summed E-state index contributed by atoms with van der Waals surface area (Å²) in [6, 6.07) is 8.64. The number of carbonyl (C=O) groups is 1. The summed E-state index contributed by atoms with van der Waals surface area (Å²) in [5.41, 5.74) is 2.90. The van der Waals surface area contributed by atoms with Crippen molar-refractivity contribution in [3.63, 3.8) is 0 Å². The molecule has 4 rings (SSSR count). The van der Waals surface area contributed by atoms with Gasteiger partial charge in [0.2, 0.25) is 5.91 Å². The maximum absolute atomic E-state index is 12.9. The number of para-hydroxylation sites is 1. The van der Waals surface area contributed by atoms with Crippen LogP contribution in [0, 0.1) is 5.92 Å². The van der Waals surface area contributed by atoms with E-state index in [9.17, 15) is 4.79 Å². The Balaban J connectivity index is 1.56. The molecule has 3 heteroatoms. The van der Waals surface area contributed by atoms with Gasteiger partial charge in [-0.2, -0.15) is 0 Å². The minimum Gasteiger partial charge on any atom is -0.317 e. The van der Waals surface area contributed by atoms with E-state index in [-0.39, 0.29) is 5.41 Å². The first kappa shape index (κ1) is 14.3. The molecule has 3 aliphatic rings. The molecule has 1 spiro atoms. The van der Waals surface area contributed by atoms with Crippen LogP contribution in [0.2, 0.25) is 0 Å². The standard InChI is InChI=1S/C19H26N2O/c22-18(13-15-7-11-20-12-8-15)21-14-19(9-3-4-10-19)16-5-1-2-6-17(16)21/h1-2,5-6,15,20H,3-4,7-14H2. The third-order valence-corrected chi connectivity index (χ3v) is 6.01. The van der Waals surface area contributed by atoms with E-state index in [1.165, 1.54) is 36.9 Å². The van der Waals surface area contributed by atoms with E-state index in [1.54, 1.807) is 0 Å². The molecule has 22 heavy (non-hydrogen) atoms. The number of nitrogens with zero attached hydrogens (tertiary/aromatic N) is 1. The second kappa shape index (κ2) is 5.69. The van der Waals surface area contributed by atoms with Gasteiger partial charge in [0.25, 0.3) is 0 Å². The summed E-state index contributed by atoms with van der Waals surface area (Å²) < 4.78 is 0. The zero-order valence-corrected chi connectivity index (χ0v) is 13.3. The second-order valence-corrected chi connectivity index (χ2v) is 7.38. The van der Waals surface area contributed by atoms with Gasteiger partial charge in [-0.25, -0.2) is 0 Å². The zero-order chi connectivity index (χ0) is 15.0. The van der Waals surface area contributed by atoms with Gasteiger partial charge in [0.15, 0.2) is 0 Å². The van der Waals surface area contributed by atoms with Gasteiger partial charge in [-0.3, -0.25) is 4.79 Å². The molecular weight excluding hydrogens is 272 g/mol. The van der Waals surface area contributed by atoms with E-state index in [4.69, 9.17) is 0 Å². The van der Waals surface area contributed by atoms with Gasteiger partial charge < -0.3 is 10.2 Å². The highest BCUT2D eigenvalue weighted by molar-refractivity contribution is 5.96. The molecule has 2 heterocycles. The van der Waals surface area contributed by atoms with Crippen LogP contribution in [0.1, 0.15) is 50.5 Å². The van der Waals surface area contributed by atoms with E-state index >= 15 is 0 Å². The Kier molecular flexibility index (Phi) is 3.69. The number of hydrogen-bond acceptors (Lipinski definition) is 2. The molecule has 1 saturated heterocycles. The molecule has 3 nitrogen and oxygen atoms in total. The van der Waals surface area contributed by atoms with Crippen molar-refractivity contribution in [3.05, 3.63) is 29.8 Å². The lowest BCUT2D eigenvalue weighted by molar-refractivity contribution is -0.119. The Morgan fingerprint density at radius 2 is 1.91 bits per heavy atom. The number of nitrogens with one attached hydrogen (secondary N) is 1. The molecular formula is C19H26N2O. The lowest BCUT2D eigenvalue weighted by Crippen LogP contribution is -2.37. The van der Waals surface area contributed by atoms with Gasteiger partial charge in [0, 0.05) is 24.1 Å². The van der Waals surface area contributed by atoms with Gasteiger partial charge in [-0.15, -0.1) is 0 Å². The van der Waals surface area contributed by atoms with Crippen molar-refractivity contribution < 1.29 is 4.79 Å². The monoisotopic (exact) mass is 298 g/mol. The first-order valence-electron chi connectivity index (χ1n) is 8.89. The number of rotatable bonds is 2. The van der Waals surface area contributed by atoms with Crippen molar-refractivity contribution in [1.29, 1.82) is 0 Å². The number of carbonyl (C=O) groups excluding carboxylic acids is 1. The van der Waals surface area contributed by atoms with Crippen LogP contribution in [-0.2, 0) is 10.2 Å². The van der Waals surface area contributed by atoms with Crippen LogP contribution in [0.15, 0.2) is 24.3 Å². The summed E-state index contributed by atoms with van der Waals surface area (Å²) in [7, 11) is 0. The molecule has 0 bridgehead atoms. The average molecular weight is 298 g/mol. The van der Waals surface area contributed by atoms with Gasteiger partial charge in [0.05, 0.1) is 0 Å². The SMILES string of the molecule is O=C(CC1CCNCC1)N1CC2(CCCC2)c2ccccc21. The Morgan fingerprint density at radius 3 is 2.68 bits per heavy atom. The first-order valence-corrected chi connectivity index (χ1v) is 8.89. The highest BCUT2D eigenvalue weighted by Crippen LogP contribution is 2.50. The second-order valence-electron chi connectivity index (χ2n) is 7.38. The predicted molar refractivity (Wildman–Crippen MR) is 89.2 cm³/mol. The van der Waals surface area contributed by atoms with Crippen molar-refractivity contribution in [3.8, 4) is 0 Å². The van der Waals surface area contributed by atoms with Crippen LogP contribution in [-0.4, -0.2) is 25.5 Å². The third kappa shape index (κ3) is 2.36. The molecule has 2 aliphatic heterocycles. The van der Waals surface area contributed by atoms with Crippen LogP contribution >= 0.6 is 0 Å². The predicted octanol–water partition coefficient (Wildman–Crippen LogP) is 3.23. The smallest absolute Gasteiger partial charge is 0.227 e. The molecule has 0 atom stereocenters. The van der Waals surface area contributed by atoms with Crippen molar-refractivity contribution >= 4 is 11.6 Å². The Labute approximate surface area is 133 Å². The molecule has 2 fully saturated rings. The molecule has 0 radical (unpaired) electrons. The number of benzene rings is 1. The van der Waals surface area contributed by atoms with Crippen LogP contribution in [0.5, 0.6) is 0 Å². The van der Waals surface area contributed by atoms with Crippen LogP contribution < -0.4 is 10.2 Å². The molecule has 1 aromatic carbocycles. The summed E-state index contributed by atoms with van der Waals surface area (Å²) in [6.07, 6.45) is 8.14. The number of piperidine rings is 1. The zero-order valence-electron chi connectivity index (χ0n) is 13.3. The van der Waals surface area contributed by atoms with Crippen molar-refractivity contribution in [1.82, 2.24) is 5.32 Å². The molecule has 1 N–H and O–H groups in total. The summed E-state index contributed by atoms with van der Waals surface area (Å²) in [5, 5.41) is 3.39. The maximum atomic E-state index is 12.9. The van der Waals surface area contributed by atoms with Crippen molar-refractivity contribution in [2.45, 2.75) is 50.4 Å². The van der Waals surface area contributed by atoms with Crippen molar-refractivity contribution in [2.75, 3.05) is 24.5 Å². The normalized spacial score (nSPS) is 23.9. The molecule has 1 saturated carbocycles. The number of amides is 1. The van der Waals surface area contributed by atoms with Gasteiger partial charge in [-0.1, -0.05) is 31.0 Å².